The van der Waals surface area contributed by atoms with E-state index in [1.807, 2.05) is 24.3 Å². The number of thiazole rings is 1. The van der Waals surface area contributed by atoms with Crippen molar-refractivity contribution in [1.82, 2.24) is 14.7 Å². The van der Waals surface area contributed by atoms with Gasteiger partial charge in [0.1, 0.15) is 10.8 Å². The summed E-state index contributed by atoms with van der Waals surface area (Å²) in [5, 5.41) is 6.29. The maximum Gasteiger partial charge on any atom is 0.257 e. The van der Waals surface area contributed by atoms with Crippen LogP contribution in [0.1, 0.15) is 32.0 Å². The van der Waals surface area contributed by atoms with Crippen LogP contribution in [0.15, 0.2) is 82.7 Å². The Morgan fingerprint density at radius 2 is 1.93 bits per heavy atom. The van der Waals surface area contributed by atoms with Crippen molar-refractivity contribution in [3.63, 3.8) is 0 Å². The topological polar surface area (TPSA) is 118 Å². The van der Waals surface area contributed by atoms with Gasteiger partial charge in [0.25, 0.3) is 11.8 Å². The largest absolute Gasteiger partial charge is 0.493 e. The molecule has 0 saturated carbocycles. The van der Waals surface area contributed by atoms with E-state index in [0.717, 1.165) is 40.7 Å². The standard InChI is InChI=1S/C29H25ClN4O5S2/c30-34-12-11-18(16-34)17-39-21-8-5-19(6-9-21)29-32-15-22(40-29)14-31-27(35)20-7-10-26-24(13-20)33-28(36)23-3-1-2-4-25(23)41(26,37)38/h1-10,13,15,18H,11-12,14,16-17H2,(H,31,35)(H,33,36)/t18-/m0/s1. The van der Waals surface area contributed by atoms with Gasteiger partial charge in [-0.3, -0.25) is 9.59 Å². The van der Waals surface area contributed by atoms with E-state index < -0.39 is 21.7 Å². The van der Waals surface area contributed by atoms with Crippen LogP contribution in [0.2, 0.25) is 0 Å². The normalized spacial score (nSPS) is 17.7. The first kappa shape index (κ1) is 27.4. The Kier molecular flexibility index (Phi) is 7.52. The second-order valence-electron chi connectivity index (χ2n) is 9.84. The van der Waals surface area contributed by atoms with Crippen molar-refractivity contribution in [3.8, 4) is 16.3 Å². The van der Waals surface area contributed by atoms with Gasteiger partial charge in [-0.15, -0.1) is 11.3 Å². The van der Waals surface area contributed by atoms with Crippen LogP contribution in [0.3, 0.4) is 0 Å². The molecule has 2 aliphatic rings. The summed E-state index contributed by atoms with van der Waals surface area (Å²) >= 11 is 7.48. The number of rotatable bonds is 7. The lowest BCUT2D eigenvalue weighted by Gasteiger charge is -2.11. The number of hydrogen-bond donors (Lipinski definition) is 2. The van der Waals surface area contributed by atoms with E-state index in [1.54, 1.807) is 22.7 Å². The predicted octanol–water partition coefficient (Wildman–Crippen LogP) is 4.99. The van der Waals surface area contributed by atoms with Gasteiger partial charge in [0.2, 0.25) is 9.84 Å². The van der Waals surface area contributed by atoms with E-state index in [1.165, 1.54) is 41.7 Å². The first-order valence-electron chi connectivity index (χ1n) is 12.9. The number of anilines is 1. The van der Waals surface area contributed by atoms with Crippen molar-refractivity contribution in [3.05, 3.63) is 88.9 Å². The Morgan fingerprint density at radius 1 is 1.12 bits per heavy atom. The van der Waals surface area contributed by atoms with Crippen LogP contribution in [0.4, 0.5) is 5.69 Å². The minimum absolute atomic E-state index is 0.0590. The molecule has 0 radical (unpaired) electrons. The molecule has 210 valence electrons. The maximum absolute atomic E-state index is 13.2. The van der Waals surface area contributed by atoms with Gasteiger partial charge in [-0.1, -0.05) is 12.1 Å². The molecule has 0 unspecified atom stereocenters. The lowest BCUT2D eigenvalue weighted by Crippen LogP contribution is -2.22. The monoisotopic (exact) mass is 608 g/mol. The molecule has 0 spiro atoms. The number of carbonyl (C=O) groups is 2. The molecule has 1 atom stereocenters. The number of fused-ring (bicyclic) bond motifs is 2. The summed E-state index contributed by atoms with van der Waals surface area (Å²) in [4.78, 5) is 30.8. The van der Waals surface area contributed by atoms with E-state index in [2.05, 4.69) is 15.6 Å². The molecule has 9 nitrogen and oxygen atoms in total. The predicted molar refractivity (Wildman–Crippen MR) is 156 cm³/mol. The van der Waals surface area contributed by atoms with Crippen molar-refractivity contribution in [2.24, 2.45) is 5.92 Å². The molecule has 12 heteroatoms. The van der Waals surface area contributed by atoms with Gasteiger partial charge in [0.15, 0.2) is 0 Å². The number of halogens is 1. The van der Waals surface area contributed by atoms with Crippen LogP contribution < -0.4 is 15.4 Å². The van der Waals surface area contributed by atoms with Gasteiger partial charge in [0, 0.05) is 41.2 Å². The molecule has 3 heterocycles. The van der Waals surface area contributed by atoms with E-state index in [0.29, 0.717) is 12.5 Å². The molecule has 6 rings (SSSR count). The summed E-state index contributed by atoms with van der Waals surface area (Å²) in [5.41, 5.74) is 1.29. The van der Waals surface area contributed by atoms with Gasteiger partial charge >= 0.3 is 0 Å². The molecule has 1 saturated heterocycles. The zero-order chi connectivity index (χ0) is 28.6. The minimum atomic E-state index is -3.94. The lowest BCUT2D eigenvalue weighted by molar-refractivity contribution is 0.0949. The highest BCUT2D eigenvalue weighted by atomic mass is 35.5. The number of amides is 2. The van der Waals surface area contributed by atoms with Gasteiger partial charge in [-0.25, -0.2) is 17.8 Å². The third kappa shape index (κ3) is 5.71. The fourth-order valence-corrected chi connectivity index (χ4v) is 7.56. The average Bonchev–Trinajstić information content (AvgIpc) is 3.62. The van der Waals surface area contributed by atoms with Crippen LogP contribution >= 0.6 is 23.1 Å². The number of ether oxygens (including phenoxy) is 1. The Morgan fingerprint density at radius 3 is 2.71 bits per heavy atom. The Labute approximate surface area is 246 Å². The fraction of sp³-hybridized carbons (Fsp3) is 0.207. The summed E-state index contributed by atoms with van der Waals surface area (Å²) in [6.45, 7) is 2.58. The Hall–Kier alpha value is -3.77. The number of hydrogen-bond acceptors (Lipinski definition) is 8. The second-order valence-corrected chi connectivity index (χ2v) is 13.3. The van der Waals surface area contributed by atoms with E-state index in [4.69, 9.17) is 16.5 Å². The highest BCUT2D eigenvalue weighted by Crippen LogP contribution is 2.34. The van der Waals surface area contributed by atoms with E-state index in [9.17, 15) is 18.0 Å². The van der Waals surface area contributed by atoms with Crippen molar-refractivity contribution in [1.29, 1.82) is 0 Å². The molecule has 1 aromatic heterocycles. The zero-order valence-corrected chi connectivity index (χ0v) is 24.1. The van der Waals surface area contributed by atoms with E-state index >= 15 is 0 Å². The molecule has 2 aliphatic heterocycles. The number of sulfone groups is 1. The van der Waals surface area contributed by atoms with Crippen molar-refractivity contribution >= 4 is 50.5 Å². The van der Waals surface area contributed by atoms with Crippen LogP contribution in [0.5, 0.6) is 5.75 Å². The SMILES string of the molecule is O=C(NCc1cnc(-c2ccc(OC[C@H]3CCN(Cl)C3)cc2)s1)c1ccc2c(c1)NC(=O)c1ccccc1S2(=O)=O. The van der Waals surface area contributed by atoms with Gasteiger partial charge in [-0.05, 0) is 72.8 Å². The molecule has 0 bridgehead atoms. The molecular formula is C29H25ClN4O5S2. The molecule has 41 heavy (non-hydrogen) atoms. The first-order valence-corrected chi connectivity index (χ1v) is 15.6. The summed E-state index contributed by atoms with van der Waals surface area (Å²) < 4.78 is 34.1. The minimum Gasteiger partial charge on any atom is -0.493 e. The number of nitrogens with zero attached hydrogens (tertiary/aromatic N) is 2. The highest BCUT2D eigenvalue weighted by Gasteiger charge is 2.31. The smallest absolute Gasteiger partial charge is 0.257 e. The van der Waals surface area contributed by atoms with E-state index in [-0.39, 0.29) is 33.2 Å². The number of benzene rings is 3. The van der Waals surface area contributed by atoms with Crippen LogP contribution in [0.25, 0.3) is 10.6 Å². The number of nitrogens with one attached hydrogen (secondary N) is 2. The summed E-state index contributed by atoms with van der Waals surface area (Å²) in [7, 11) is -3.94. The lowest BCUT2D eigenvalue weighted by atomic mass is 10.1. The third-order valence-corrected chi connectivity index (χ3v) is 10.2. The highest BCUT2D eigenvalue weighted by molar-refractivity contribution is 7.91. The van der Waals surface area contributed by atoms with Crippen molar-refractivity contribution in [2.75, 3.05) is 25.0 Å². The molecule has 0 aliphatic carbocycles. The van der Waals surface area contributed by atoms with Gasteiger partial charge < -0.3 is 15.4 Å². The van der Waals surface area contributed by atoms with Crippen LogP contribution in [0, 0.1) is 5.92 Å². The molecule has 1 fully saturated rings. The van der Waals surface area contributed by atoms with Crippen molar-refractivity contribution in [2.45, 2.75) is 22.8 Å². The van der Waals surface area contributed by atoms with Gasteiger partial charge in [0.05, 0.1) is 34.2 Å². The Balaban J connectivity index is 1.09. The quantitative estimate of drug-likeness (QED) is 0.284. The third-order valence-electron chi connectivity index (χ3n) is 7.00. The average molecular weight is 609 g/mol. The number of carbonyl (C=O) groups excluding carboxylic acids is 2. The first-order chi connectivity index (χ1) is 19.8. The molecular weight excluding hydrogens is 584 g/mol. The zero-order valence-electron chi connectivity index (χ0n) is 21.7. The maximum atomic E-state index is 13.2. The number of aromatic nitrogens is 1. The fourth-order valence-electron chi connectivity index (χ4n) is 4.82. The van der Waals surface area contributed by atoms with Crippen LogP contribution in [-0.4, -0.2) is 49.3 Å². The Bertz CT molecular complexity index is 1740. The molecule has 4 aromatic rings. The van der Waals surface area contributed by atoms with Gasteiger partial charge in [-0.2, -0.15) is 0 Å². The van der Waals surface area contributed by atoms with Crippen molar-refractivity contribution < 1.29 is 22.7 Å². The van der Waals surface area contributed by atoms with Crippen LogP contribution in [-0.2, 0) is 16.4 Å². The second kappa shape index (κ2) is 11.2. The summed E-state index contributed by atoms with van der Waals surface area (Å²) in [5.74, 6) is 0.268. The molecule has 2 N–H and O–H groups in total. The molecule has 2 amide bonds. The summed E-state index contributed by atoms with van der Waals surface area (Å²) in [6.07, 6.45) is 2.74. The molecule has 3 aromatic carbocycles. The summed E-state index contributed by atoms with van der Waals surface area (Å²) in [6, 6.07) is 17.9.